The van der Waals surface area contributed by atoms with Crippen molar-refractivity contribution in [1.82, 2.24) is 9.55 Å². The predicted octanol–water partition coefficient (Wildman–Crippen LogP) is 1.85. The summed E-state index contributed by atoms with van der Waals surface area (Å²) >= 11 is 0. The van der Waals surface area contributed by atoms with Gasteiger partial charge in [0.1, 0.15) is 12.4 Å². The third kappa shape index (κ3) is 2.27. The maximum Gasteiger partial charge on any atom is 0.343 e. The first-order valence-electron chi connectivity index (χ1n) is 9.57. The Bertz CT molecular complexity index is 1370. The average Bonchev–Trinajstić information content (AvgIpc) is 3.10. The maximum atomic E-state index is 13.1. The summed E-state index contributed by atoms with van der Waals surface area (Å²) in [5.41, 5.74) is 1.17. The first kappa shape index (κ1) is 18.3. The zero-order chi connectivity index (χ0) is 21.2. The van der Waals surface area contributed by atoms with Crippen LogP contribution in [0.15, 0.2) is 29.1 Å². The highest BCUT2D eigenvalue weighted by Crippen LogP contribution is 2.39. The van der Waals surface area contributed by atoms with Gasteiger partial charge in [-0.25, -0.2) is 9.78 Å². The zero-order valence-electron chi connectivity index (χ0n) is 16.1. The van der Waals surface area contributed by atoms with Crippen molar-refractivity contribution in [2.75, 3.05) is 0 Å². The molecule has 2 aliphatic rings. The summed E-state index contributed by atoms with van der Waals surface area (Å²) < 4.78 is 6.61. The zero-order valence-corrected chi connectivity index (χ0v) is 16.1. The van der Waals surface area contributed by atoms with Crippen molar-refractivity contribution in [3.8, 4) is 23.2 Å². The Balaban J connectivity index is 1.75. The number of phenols is 1. The second-order valence-corrected chi connectivity index (χ2v) is 7.57. The van der Waals surface area contributed by atoms with Crippen molar-refractivity contribution in [3.63, 3.8) is 0 Å². The molecule has 0 bridgehead atoms. The molecule has 5 rings (SSSR count). The van der Waals surface area contributed by atoms with E-state index >= 15 is 0 Å². The molecular weight excluding hydrogens is 386 g/mol. The van der Waals surface area contributed by atoms with Gasteiger partial charge in [0.15, 0.2) is 5.60 Å². The van der Waals surface area contributed by atoms with Crippen LogP contribution in [-0.4, -0.2) is 25.7 Å². The number of hydrogen-bond acceptors (Lipinski definition) is 7. The van der Waals surface area contributed by atoms with E-state index in [1.54, 1.807) is 31.2 Å². The van der Waals surface area contributed by atoms with Gasteiger partial charge in [-0.1, -0.05) is 13.0 Å². The summed E-state index contributed by atoms with van der Waals surface area (Å²) in [6.45, 7) is 1.72. The Morgan fingerprint density at radius 3 is 2.87 bits per heavy atom. The Labute approximate surface area is 170 Å². The highest BCUT2D eigenvalue weighted by molar-refractivity contribution is 5.90. The largest absolute Gasteiger partial charge is 0.507 e. The molecule has 0 amide bonds. The van der Waals surface area contributed by atoms with Gasteiger partial charge in [-0.15, -0.1) is 0 Å². The summed E-state index contributed by atoms with van der Waals surface area (Å²) in [5, 5.41) is 30.9. The van der Waals surface area contributed by atoms with Crippen LogP contribution in [0.1, 0.15) is 35.6 Å². The second-order valence-electron chi connectivity index (χ2n) is 7.57. The van der Waals surface area contributed by atoms with Crippen LogP contribution in [0.2, 0.25) is 0 Å². The van der Waals surface area contributed by atoms with E-state index in [2.05, 4.69) is 4.98 Å². The molecule has 3 aromatic rings. The normalized spacial score (nSPS) is 19.0. The molecule has 0 aliphatic carbocycles. The molecule has 0 saturated heterocycles. The van der Waals surface area contributed by atoms with E-state index in [1.807, 2.05) is 6.07 Å². The lowest BCUT2D eigenvalue weighted by atomic mass is 9.86. The molecule has 1 aromatic carbocycles. The van der Waals surface area contributed by atoms with Crippen LogP contribution in [-0.2, 0) is 34.7 Å². The summed E-state index contributed by atoms with van der Waals surface area (Å²) in [4.78, 5) is 30.0. The number of benzene rings is 1. The van der Waals surface area contributed by atoms with Crippen LogP contribution in [0.25, 0.3) is 22.3 Å². The van der Waals surface area contributed by atoms with Crippen molar-refractivity contribution in [3.05, 3.63) is 56.9 Å². The van der Waals surface area contributed by atoms with Crippen molar-refractivity contribution in [1.29, 1.82) is 5.26 Å². The summed E-state index contributed by atoms with van der Waals surface area (Å²) in [6, 6.07) is 8.82. The molecule has 0 spiro atoms. The summed E-state index contributed by atoms with van der Waals surface area (Å²) in [6.07, 6.45) is 0.157. The molecule has 30 heavy (non-hydrogen) atoms. The first-order chi connectivity index (χ1) is 14.4. The van der Waals surface area contributed by atoms with Gasteiger partial charge in [-0.2, -0.15) is 5.26 Å². The fourth-order valence-electron chi connectivity index (χ4n) is 4.31. The number of phenolic OH excluding ortho intramolecular Hbond substituents is 1. The molecule has 4 heterocycles. The molecule has 2 aliphatic heterocycles. The molecule has 2 N–H and O–H groups in total. The quantitative estimate of drug-likeness (QED) is 0.489. The number of nitrogens with zero attached hydrogens (tertiary/aromatic N) is 3. The lowest BCUT2D eigenvalue weighted by molar-refractivity contribution is -0.172. The number of aliphatic hydroxyl groups is 1. The standard InChI is InChI=1S/C22H17N3O5/c1-2-22(29)15-8-17-18-12(9-25(17)20(27)14(15)10-30-21(22)28)7-13-16(24-18)4-3-11(5-6-23)19(13)26/h3-4,7-8,26,29H,2,5,9-10H2,1H3/t22-/m0/s1. The van der Waals surface area contributed by atoms with Gasteiger partial charge in [-0.05, 0) is 24.6 Å². The van der Waals surface area contributed by atoms with Gasteiger partial charge >= 0.3 is 5.97 Å². The van der Waals surface area contributed by atoms with Crippen molar-refractivity contribution in [2.45, 2.75) is 38.5 Å². The summed E-state index contributed by atoms with van der Waals surface area (Å²) in [7, 11) is 0. The molecule has 2 aromatic heterocycles. The molecule has 0 fully saturated rings. The minimum Gasteiger partial charge on any atom is -0.507 e. The van der Waals surface area contributed by atoms with Gasteiger partial charge in [-0.3, -0.25) is 4.79 Å². The number of aromatic nitrogens is 2. The fourth-order valence-corrected chi connectivity index (χ4v) is 4.31. The van der Waals surface area contributed by atoms with E-state index in [4.69, 9.17) is 10.00 Å². The highest BCUT2D eigenvalue weighted by Gasteiger charge is 2.45. The number of carbonyl (C=O) groups is 1. The van der Waals surface area contributed by atoms with E-state index in [0.29, 0.717) is 27.9 Å². The first-order valence-corrected chi connectivity index (χ1v) is 9.57. The monoisotopic (exact) mass is 403 g/mol. The number of aromatic hydroxyl groups is 1. The molecule has 8 heteroatoms. The van der Waals surface area contributed by atoms with Crippen LogP contribution in [0, 0.1) is 11.3 Å². The van der Waals surface area contributed by atoms with Gasteiger partial charge < -0.3 is 19.5 Å². The maximum absolute atomic E-state index is 13.1. The number of nitriles is 1. The minimum absolute atomic E-state index is 0.00584. The Kier molecular flexibility index (Phi) is 3.76. The minimum atomic E-state index is -1.87. The van der Waals surface area contributed by atoms with Gasteiger partial charge in [0.25, 0.3) is 5.56 Å². The molecule has 0 unspecified atom stereocenters. The lowest BCUT2D eigenvalue weighted by Gasteiger charge is -2.31. The van der Waals surface area contributed by atoms with Gasteiger partial charge in [0.2, 0.25) is 0 Å². The van der Waals surface area contributed by atoms with Crippen LogP contribution in [0.5, 0.6) is 5.75 Å². The average molecular weight is 403 g/mol. The molecule has 1 atom stereocenters. The highest BCUT2D eigenvalue weighted by atomic mass is 16.6. The van der Waals surface area contributed by atoms with Crippen LogP contribution in [0.3, 0.4) is 0 Å². The molecule has 0 saturated carbocycles. The number of carbonyl (C=O) groups excluding carboxylic acids is 1. The fraction of sp³-hybridized carbons (Fsp3) is 0.273. The van der Waals surface area contributed by atoms with Crippen LogP contribution >= 0.6 is 0 Å². The van der Waals surface area contributed by atoms with Gasteiger partial charge in [0.05, 0.1) is 41.5 Å². The number of hydrogen-bond donors (Lipinski definition) is 2. The number of pyridine rings is 2. The Hall–Kier alpha value is -3.70. The Morgan fingerprint density at radius 1 is 1.33 bits per heavy atom. The van der Waals surface area contributed by atoms with E-state index < -0.39 is 11.6 Å². The number of fused-ring (bicyclic) bond motifs is 5. The number of ether oxygens (including phenoxy) is 1. The Morgan fingerprint density at radius 2 is 2.13 bits per heavy atom. The topological polar surface area (TPSA) is 125 Å². The van der Waals surface area contributed by atoms with Gasteiger partial charge in [0, 0.05) is 22.1 Å². The number of rotatable bonds is 2. The third-order valence-corrected chi connectivity index (χ3v) is 6.02. The van der Waals surface area contributed by atoms with E-state index in [9.17, 15) is 19.8 Å². The van der Waals surface area contributed by atoms with E-state index in [-0.39, 0.29) is 48.4 Å². The van der Waals surface area contributed by atoms with E-state index in [0.717, 1.165) is 5.56 Å². The van der Waals surface area contributed by atoms with Crippen LogP contribution in [0.4, 0.5) is 0 Å². The third-order valence-electron chi connectivity index (χ3n) is 6.02. The van der Waals surface area contributed by atoms with Crippen molar-refractivity contribution in [2.24, 2.45) is 0 Å². The predicted molar refractivity (Wildman–Crippen MR) is 106 cm³/mol. The summed E-state index contributed by atoms with van der Waals surface area (Å²) in [5.74, 6) is -0.757. The number of cyclic esters (lactones) is 1. The number of esters is 1. The molecule has 8 nitrogen and oxygen atoms in total. The molecule has 0 radical (unpaired) electrons. The van der Waals surface area contributed by atoms with Crippen molar-refractivity contribution >= 4 is 16.9 Å². The lowest BCUT2D eigenvalue weighted by Crippen LogP contribution is -2.44. The SMILES string of the molecule is CC[C@@]1(O)C(=O)OCc2c1cc1n(c2=O)Cc2cc3c(O)c(CC#N)ccc3nc2-1. The molecule has 150 valence electrons. The van der Waals surface area contributed by atoms with Crippen LogP contribution < -0.4 is 5.56 Å². The van der Waals surface area contributed by atoms with E-state index in [1.165, 1.54) is 4.57 Å². The smallest absolute Gasteiger partial charge is 0.343 e. The molecular formula is C22H17N3O5. The second kappa shape index (κ2) is 6.15. The van der Waals surface area contributed by atoms with Crippen molar-refractivity contribution < 1.29 is 19.7 Å².